The smallest absolute Gasteiger partial charge is 0.0733 e. The third-order valence-corrected chi connectivity index (χ3v) is 7.23. The summed E-state index contributed by atoms with van der Waals surface area (Å²) in [7, 11) is -1.35. The van der Waals surface area contributed by atoms with Crippen LogP contribution in [0.15, 0.2) is 59.8 Å². The molecule has 0 nitrogen and oxygen atoms in total. The van der Waals surface area contributed by atoms with E-state index in [4.69, 9.17) is 0 Å². The van der Waals surface area contributed by atoms with E-state index in [-0.39, 0.29) is 0 Å². The maximum absolute atomic E-state index is 2.49. The molecule has 0 aliphatic heterocycles. The molecule has 0 saturated carbocycles. The third-order valence-electron chi connectivity index (χ3n) is 5.04. The molecule has 110 valence electrons. The van der Waals surface area contributed by atoms with Crippen molar-refractivity contribution in [2.45, 2.75) is 31.5 Å². The fraction of sp³-hybridized carbons (Fsp3) is 0.238. The molecule has 0 heterocycles. The summed E-state index contributed by atoms with van der Waals surface area (Å²) in [6.07, 6.45) is 7.22. The van der Waals surface area contributed by atoms with Gasteiger partial charge in [-0.15, -0.1) is 0 Å². The zero-order chi connectivity index (χ0) is 15.3. The van der Waals surface area contributed by atoms with Crippen LogP contribution in [-0.2, 0) is 0 Å². The standard InChI is InChI=1S/C21H22Si/c1-22(2,3)20-14-16-9-5-7-11-18(16)21(20)19-13-12-15-8-4-6-10-17(15)19/h4-14,19,21H,1-3H3. The molecule has 2 aromatic carbocycles. The fourth-order valence-corrected chi connectivity index (χ4v) is 5.84. The van der Waals surface area contributed by atoms with Gasteiger partial charge in [0.1, 0.15) is 0 Å². The number of hydrogen-bond donors (Lipinski definition) is 0. The lowest BCUT2D eigenvalue weighted by Crippen LogP contribution is -2.28. The monoisotopic (exact) mass is 302 g/mol. The predicted molar refractivity (Wildman–Crippen MR) is 98.7 cm³/mol. The molecule has 22 heavy (non-hydrogen) atoms. The lowest BCUT2D eigenvalue weighted by molar-refractivity contribution is 0.743. The van der Waals surface area contributed by atoms with Crippen LogP contribution < -0.4 is 0 Å². The molecular weight excluding hydrogens is 280 g/mol. The first-order valence-electron chi connectivity index (χ1n) is 8.14. The van der Waals surface area contributed by atoms with Crippen molar-refractivity contribution >= 4 is 20.2 Å². The zero-order valence-corrected chi connectivity index (χ0v) is 14.5. The SMILES string of the molecule is C[Si](C)(C)C1=Cc2ccccc2C1C1C=Cc2ccccc21. The van der Waals surface area contributed by atoms with Gasteiger partial charge in [0.15, 0.2) is 0 Å². The Morgan fingerprint density at radius 3 is 2.14 bits per heavy atom. The quantitative estimate of drug-likeness (QED) is 0.610. The second-order valence-electron chi connectivity index (χ2n) is 7.47. The summed E-state index contributed by atoms with van der Waals surface area (Å²) in [5.41, 5.74) is 5.84. The van der Waals surface area contributed by atoms with Gasteiger partial charge in [-0.3, -0.25) is 0 Å². The van der Waals surface area contributed by atoms with Gasteiger partial charge in [-0.2, -0.15) is 0 Å². The average Bonchev–Trinajstić information content (AvgIpc) is 3.07. The Bertz CT molecular complexity index is 790. The Balaban J connectivity index is 1.87. The van der Waals surface area contributed by atoms with Crippen molar-refractivity contribution in [3.63, 3.8) is 0 Å². The molecule has 0 bridgehead atoms. The van der Waals surface area contributed by atoms with Gasteiger partial charge in [-0.1, -0.05) is 91.6 Å². The molecule has 2 aromatic rings. The highest BCUT2D eigenvalue weighted by Crippen LogP contribution is 2.51. The molecule has 2 aliphatic rings. The van der Waals surface area contributed by atoms with Gasteiger partial charge in [0.05, 0.1) is 8.07 Å². The summed E-state index contributed by atoms with van der Waals surface area (Å²) >= 11 is 0. The van der Waals surface area contributed by atoms with E-state index in [2.05, 4.69) is 86.4 Å². The molecule has 0 radical (unpaired) electrons. The summed E-state index contributed by atoms with van der Waals surface area (Å²) in [5.74, 6) is 1.03. The van der Waals surface area contributed by atoms with Crippen LogP contribution >= 0.6 is 0 Å². The van der Waals surface area contributed by atoms with E-state index in [1.807, 2.05) is 0 Å². The number of benzene rings is 2. The van der Waals surface area contributed by atoms with Crippen LogP contribution in [0.1, 0.15) is 34.1 Å². The fourth-order valence-electron chi connectivity index (χ4n) is 3.99. The van der Waals surface area contributed by atoms with Crippen LogP contribution in [-0.4, -0.2) is 8.07 Å². The summed E-state index contributed by atoms with van der Waals surface area (Å²) in [6, 6.07) is 17.8. The van der Waals surface area contributed by atoms with Crippen molar-refractivity contribution in [1.29, 1.82) is 0 Å². The van der Waals surface area contributed by atoms with Crippen molar-refractivity contribution < 1.29 is 0 Å². The van der Waals surface area contributed by atoms with Gasteiger partial charge in [0.25, 0.3) is 0 Å². The van der Waals surface area contributed by atoms with E-state index in [1.165, 1.54) is 22.3 Å². The summed E-state index contributed by atoms with van der Waals surface area (Å²) in [5, 5.41) is 1.69. The molecule has 0 spiro atoms. The predicted octanol–water partition coefficient (Wildman–Crippen LogP) is 5.86. The highest BCUT2D eigenvalue weighted by molar-refractivity contribution is 6.84. The van der Waals surface area contributed by atoms with Crippen LogP contribution in [0.25, 0.3) is 12.2 Å². The van der Waals surface area contributed by atoms with Crippen LogP contribution in [0.2, 0.25) is 19.6 Å². The van der Waals surface area contributed by atoms with Gasteiger partial charge >= 0.3 is 0 Å². The van der Waals surface area contributed by atoms with Gasteiger partial charge in [-0.25, -0.2) is 0 Å². The molecule has 0 saturated heterocycles. The first kappa shape index (κ1) is 13.8. The van der Waals surface area contributed by atoms with Gasteiger partial charge < -0.3 is 0 Å². The molecule has 0 amide bonds. The lowest BCUT2D eigenvalue weighted by Gasteiger charge is -2.30. The van der Waals surface area contributed by atoms with Crippen molar-refractivity contribution in [2.24, 2.45) is 0 Å². The minimum absolute atomic E-state index is 0.498. The largest absolute Gasteiger partial charge is 0.0755 e. The van der Waals surface area contributed by atoms with Gasteiger partial charge in [0, 0.05) is 11.8 Å². The van der Waals surface area contributed by atoms with E-state index in [9.17, 15) is 0 Å². The van der Waals surface area contributed by atoms with Gasteiger partial charge in [-0.05, 0) is 22.3 Å². The van der Waals surface area contributed by atoms with Crippen molar-refractivity contribution in [2.75, 3.05) is 0 Å². The van der Waals surface area contributed by atoms with E-state index >= 15 is 0 Å². The second-order valence-corrected chi connectivity index (χ2v) is 12.5. The van der Waals surface area contributed by atoms with E-state index in [1.54, 1.807) is 5.20 Å². The molecule has 2 unspecified atom stereocenters. The Labute approximate surface area is 134 Å². The molecule has 1 heteroatoms. The number of allylic oxidation sites excluding steroid dienone is 2. The topological polar surface area (TPSA) is 0 Å². The average molecular weight is 302 g/mol. The highest BCUT2D eigenvalue weighted by atomic mass is 28.3. The molecule has 4 rings (SSSR count). The van der Waals surface area contributed by atoms with Crippen LogP contribution in [0.5, 0.6) is 0 Å². The van der Waals surface area contributed by atoms with Gasteiger partial charge in [0.2, 0.25) is 0 Å². The number of rotatable bonds is 2. The van der Waals surface area contributed by atoms with Crippen molar-refractivity contribution in [1.82, 2.24) is 0 Å². The van der Waals surface area contributed by atoms with Crippen molar-refractivity contribution in [3.8, 4) is 0 Å². The maximum Gasteiger partial charge on any atom is 0.0733 e. The highest BCUT2D eigenvalue weighted by Gasteiger charge is 2.39. The Morgan fingerprint density at radius 2 is 1.41 bits per heavy atom. The Hall–Kier alpha value is -1.86. The Kier molecular flexibility index (Phi) is 3.02. The minimum atomic E-state index is -1.35. The number of fused-ring (bicyclic) bond motifs is 2. The van der Waals surface area contributed by atoms with Crippen molar-refractivity contribution in [3.05, 3.63) is 82.1 Å². The first-order chi connectivity index (χ1) is 10.6. The van der Waals surface area contributed by atoms with E-state index < -0.39 is 8.07 Å². The molecule has 0 fully saturated rings. The lowest BCUT2D eigenvalue weighted by atomic mass is 9.84. The Morgan fingerprint density at radius 1 is 0.773 bits per heavy atom. The van der Waals surface area contributed by atoms with E-state index in [0.717, 1.165) is 0 Å². The summed E-state index contributed by atoms with van der Waals surface area (Å²) < 4.78 is 0. The maximum atomic E-state index is 2.49. The van der Waals surface area contributed by atoms with Crippen LogP contribution in [0, 0.1) is 0 Å². The third kappa shape index (κ3) is 2.04. The number of hydrogen-bond acceptors (Lipinski definition) is 0. The first-order valence-corrected chi connectivity index (χ1v) is 11.6. The minimum Gasteiger partial charge on any atom is -0.0755 e. The van der Waals surface area contributed by atoms with Crippen LogP contribution in [0.3, 0.4) is 0 Å². The van der Waals surface area contributed by atoms with Crippen LogP contribution in [0.4, 0.5) is 0 Å². The molecule has 2 aliphatic carbocycles. The molecule has 0 N–H and O–H groups in total. The summed E-state index contributed by atoms with van der Waals surface area (Å²) in [6.45, 7) is 7.42. The summed E-state index contributed by atoms with van der Waals surface area (Å²) in [4.78, 5) is 0. The molecular formula is C21H22Si. The zero-order valence-electron chi connectivity index (χ0n) is 13.5. The van der Waals surface area contributed by atoms with E-state index in [0.29, 0.717) is 11.8 Å². The molecule has 2 atom stereocenters. The second kappa shape index (κ2) is 4.82. The normalized spacial score (nSPS) is 22.4. The molecule has 0 aromatic heterocycles.